The van der Waals surface area contributed by atoms with Gasteiger partial charge in [-0.25, -0.2) is 4.90 Å². The summed E-state index contributed by atoms with van der Waals surface area (Å²) in [5, 5.41) is 5.38. The third-order valence-corrected chi connectivity index (χ3v) is 9.08. The van der Waals surface area contributed by atoms with E-state index in [9.17, 15) is 19.2 Å². The number of ether oxygens (including phenoxy) is 3. The molecule has 0 saturated carbocycles. The lowest BCUT2D eigenvalue weighted by molar-refractivity contribution is -0.121. The zero-order valence-corrected chi connectivity index (χ0v) is 26.9. The van der Waals surface area contributed by atoms with Gasteiger partial charge in [0.25, 0.3) is 11.8 Å². The van der Waals surface area contributed by atoms with Crippen molar-refractivity contribution in [3.8, 4) is 17.2 Å². The van der Waals surface area contributed by atoms with Crippen LogP contribution in [0.25, 0.3) is 6.08 Å². The lowest BCUT2D eigenvalue weighted by atomic mass is 10.1. The van der Waals surface area contributed by atoms with E-state index in [0.29, 0.717) is 49.7 Å². The molecule has 2 N–H and O–H groups in total. The third-order valence-electron chi connectivity index (χ3n) is 7.16. The molecule has 4 aromatic rings. The predicted octanol–water partition coefficient (Wildman–Crippen LogP) is 6.56. The van der Waals surface area contributed by atoms with E-state index in [0.717, 1.165) is 4.90 Å². The van der Waals surface area contributed by atoms with Crippen LogP contribution >= 0.6 is 35.0 Å². The van der Waals surface area contributed by atoms with Crippen molar-refractivity contribution in [2.75, 3.05) is 24.1 Å². The van der Waals surface area contributed by atoms with E-state index in [1.807, 2.05) is 0 Å². The second kappa shape index (κ2) is 13.8. The molecular weight excluding hydrogens is 665 g/mol. The van der Waals surface area contributed by atoms with Gasteiger partial charge in [-0.1, -0.05) is 47.5 Å². The summed E-state index contributed by atoms with van der Waals surface area (Å²) in [4.78, 5) is 54.6. The molecule has 10 nitrogen and oxygen atoms in total. The van der Waals surface area contributed by atoms with Gasteiger partial charge in [0.2, 0.25) is 24.4 Å². The van der Waals surface area contributed by atoms with Crippen LogP contribution < -0.4 is 29.7 Å². The highest BCUT2D eigenvalue weighted by atomic mass is 35.5. The molecule has 1 fully saturated rings. The summed E-state index contributed by atoms with van der Waals surface area (Å²) in [6, 6.07) is 23.2. The van der Waals surface area contributed by atoms with Crippen LogP contribution in [0.3, 0.4) is 0 Å². The van der Waals surface area contributed by atoms with Crippen LogP contribution in [0.1, 0.15) is 22.3 Å². The predicted molar refractivity (Wildman–Crippen MR) is 179 cm³/mol. The van der Waals surface area contributed by atoms with Crippen LogP contribution in [-0.2, 0) is 14.4 Å². The van der Waals surface area contributed by atoms with Crippen LogP contribution in [0.4, 0.5) is 11.4 Å². The molecule has 6 rings (SSSR count). The van der Waals surface area contributed by atoms with Crippen molar-refractivity contribution in [1.29, 1.82) is 0 Å². The van der Waals surface area contributed by atoms with Gasteiger partial charge in [-0.15, -0.1) is 11.8 Å². The first-order valence-electron chi connectivity index (χ1n) is 14.2. The number of imide groups is 1. The number of benzene rings is 4. The number of hydrogen-bond donors (Lipinski definition) is 2. The molecule has 0 radical (unpaired) electrons. The van der Waals surface area contributed by atoms with Crippen molar-refractivity contribution >= 4 is 76.0 Å². The van der Waals surface area contributed by atoms with E-state index in [1.165, 1.54) is 37.1 Å². The summed E-state index contributed by atoms with van der Waals surface area (Å²) in [7, 11) is 1.49. The standard InChI is InChI=1S/C34H25Cl2N3O7S/c1-44-27-13-19(14-28-31(27)46-18-45-28)12-26(38-32(41)20-6-3-2-4-7-20)33(42)37-21-8-5-9-23(15-21)47-29-17-30(40)39(34(29)43)22-10-11-24(35)25(36)16-22/h2-16,29H,17-18H2,1H3,(H,37,42)(H,38,41)/b26-12-/t29-/m0/s1. The van der Waals surface area contributed by atoms with Crippen LogP contribution in [-0.4, -0.2) is 42.8 Å². The molecule has 2 heterocycles. The molecule has 47 heavy (non-hydrogen) atoms. The molecule has 0 unspecified atom stereocenters. The van der Waals surface area contributed by atoms with Crippen molar-refractivity contribution < 1.29 is 33.4 Å². The molecule has 1 saturated heterocycles. The molecule has 2 aliphatic rings. The average molecular weight is 691 g/mol. The van der Waals surface area contributed by atoms with E-state index in [2.05, 4.69) is 10.6 Å². The van der Waals surface area contributed by atoms with Gasteiger partial charge >= 0.3 is 0 Å². The number of thioether (sulfide) groups is 1. The average Bonchev–Trinajstić information content (AvgIpc) is 3.65. The van der Waals surface area contributed by atoms with E-state index < -0.39 is 17.1 Å². The lowest BCUT2D eigenvalue weighted by Crippen LogP contribution is -2.31. The maximum atomic E-state index is 13.7. The number of carbonyl (C=O) groups is 4. The molecular formula is C34H25Cl2N3O7S. The number of anilines is 2. The van der Waals surface area contributed by atoms with Crippen LogP contribution in [0, 0.1) is 0 Å². The Balaban J connectivity index is 1.22. The molecule has 4 aromatic carbocycles. The van der Waals surface area contributed by atoms with Gasteiger partial charge in [0.1, 0.15) is 5.70 Å². The fourth-order valence-electron chi connectivity index (χ4n) is 4.94. The number of amides is 4. The fourth-order valence-corrected chi connectivity index (χ4v) is 6.35. The molecule has 0 aliphatic carbocycles. The Morgan fingerprint density at radius 1 is 0.957 bits per heavy atom. The molecule has 13 heteroatoms. The third kappa shape index (κ3) is 7.07. The molecule has 0 spiro atoms. The number of nitrogens with one attached hydrogen (secondary N) is 2. The van der Waals surface area contributed by atoms with Crippen molar-refractivity contribution in [2.24, 2.45) is 0 Å². The summed E-state index contributed by atoms with van der Waals surface area (Å²) in [5.74, 6) is -0.554. The minimum Gasteiger partial charge on any atom is -0.493 e. The number of halogens is 2. The Morgan fingerprint density at radius 3 is 2.53 bits per heavy atom. The van der Waals surface area contributed by atoms with Crippen LogP contribution in [0.5, 0.6) is 17.2 Å². The van der Waals surface area contributed by atoms with E-state index in [4.69, 9.17) is 37.4 Å². The largest absolute Gasteiger partial charge is 0.493 e. The maximum Gasteiger partial charge on any atom is 0.272 e. The smallest absolute Gasteiger partial charge is 0.272 e. The Hall–Kier alpha value is -4.97. The van der Waals surface area contributed by atoms with Gasteiger partial charge < -0.3 is 24.8 Å². The van der Waals surface area contributed by atoms with Crippen molar-refractivity contribution in [2.45, 2.75) is 16.6 Å². The summed E-state index contributed by atoms with van der Waals surface area (Å²) in [5.41, 5.74) is 1.58. The molecule has 2 aliphatic heterocycles. The summed E-state index contributed by atoms with van der Waals surface area (Å²) >= 11 is 13.3. The topological polar surface area (TPSA) is 123 Å². The van der Waals surface area contributed by atoms with Crippen molar-refractivity contribution in [3.05, 3.63) is 112 Å². The van der Waals surface area contributed by atoms with E-state index in [1.54, 1.807) is 72.8 Å². The second-order valence-electron chi connectivity index (χ2n) is 10.3. The Kier molecular flexibility index (Phi) is 9.39. The normalized spacial score (nSPS) is 15.5. The second-order valence-corrected chi connectivity index (χ2v) is 12.4. The molecule has 238 valence electrons. The number of hydrogen-bond acceptors (Lipinski definition) is 8. The van der Waals surface area contributed by atoms with E-state index in [-0.39, 0.29) is 35.7 Å². The molecule has 4 amide bonds. The Bertz CT molecular complexity index is 1940. The molecule has 0 bridgehead atoms. The Labute approximate surface area is 283 Å². The lowest BCUT2D eigenvalue weighted by Gasteiger charge is -2.16. The van der Waals surface area contributed by atoms with Gasteiger partial charge in [-0.3, -0.25) is 19.2 Å². The first kappa shape index (κ1) is 32.0. The number of carbonyl (C=O) groups excluding carboxylic acids is 4. The minimum absolute atomic E-state index is 0.0161. The maximum absolute atomic E-state index is 13.7. The summed E-state index contributed by atoms with van der Waals surface area (Å²) in [6.07, 6.45) is 1.48. The Morgan fingerprint density at radius 2 is 1.77 bits per heavy atom. The van der Waals surface area contributed by atoms with Gasteiger partial charge in [0, 0.05) is 22.6 Å². The monoisotopic (exact) mass is 689 g/mol. The zero-order valence-electron chi connectivity index (χ0n) is 24.6. The van der Waals surface area contributed by atoms with Crippen molar-refractivity contribution in [1.82, 2.24) is 5.32 Å². The highest BCUT2D eigenvalue weighted by Gasteiger charge is 2.40. The summed E-state index contributed by atoms with van der Waals surface area (Å²) < 4.78 is 16.4. The van der Waals surface area contributed by atoms with Crippen molar-refractivity contribution in [3.63, 3.8) is 0 Å². The highest BCUT2D eigenvalue weighted by Crippen LogP contribution is 2.42. The number of rotatable bonds is 9. The van der Waals surface area contributed by atoms with Gasteiger partial charge in [0.05, 0.1) is 28.1 Å². The number of fused-ring (bicyclic) bond motifs is 1. The number of nitrogens with zero attached hydrogens (tertiary/aromatic N) is 1. The quantitative estimate of drug-likeness (QED) is 0.150. The molecule has 0 aromatic heterocycles. The first-order chi connectivity index (χ1) is 22.7. The highest BCUT2D eigenvalue weighted by molar-refractivity contribution is 8.00. The van der Waals surface area contributed by atoms with Crippen LogP contribution in [0.2, 0.25) is 10.0 Å². The summed E-state index contributed by atoms with van der Waals surface area (Å²) in [6.45, 7) is 0.0272. The van der Waals surface area contributed by atoms with Gasteiger partial charge in [-0.05, 0) is 72.3 Å². The number of methoxy groups -OCH3 is 1. The van der Waals surface area contributed by atoms with Crippen LogP contribution in [0.15, 0.2) is 95.5 Å². The molecule has 1 atom stereocenters. The zero-order chi connectivity index (χ0) is 33.1. The minimum atomic E-state index is -0.690. The first-order valence-corrected chi connectivity index (χ1v) is 15.8. The van der Waals surface area contributed by atoms with Gasteiger partial charge in [0.15, 0.2) is 11.5 Å². The van der Waals surface area contributed by atoms with Gasteiger partial charge in [-0.2, -0.15) is 0 Å². The fraction of sp³-hybridized carbons (Fsp3) is 0.118. The van der Waals surface area contributed by atoms with E-state index >= 15 is 0 Å². The SMILES string of the molecule is COc1cc(/C=C(\NC(=O)c2ccccc2)C(=O)Nc2cccc(S[C@H]3CC(=O)N(c4ccc(Cl)c(Cl)c4)C3=O)c2)cc2c1OCO2.